The Morgan fingerprint density at radius 1 is 0.411 bits per heavy atom. The minimum absolute atomic E-state index is 0.610. The number of aromatic nitrogens is 3. The molecule has 0 amide bonds. The molecule has 0 saturated carbocycles. The van der Waals surface area contributed by atoms with Crippen LogP contribution in [0.2, 0.25) is 0 Å². The highest BCUT2D eigenvalue weighted by Gasteiger charge is 2.51. The molecule has 1 atom stereocenters. The molecule has 0 fully saturated rings. The molecule has 1 spiro atoms. The van der Waals surface area contributed by atoms with Gasteiger partial charge in [0.2, 0.25) is 0 Å². The van der Waals surface area contributed by atoms with Gasteiger partial charge in [0.05, 0.1) is 17.0 Å². The zero-order valence-corrected chi connectivity index (χ0v) is 30.8. The maximum absolute atomic E-state index is 10.5. The van der Waals surface area contributed by atoms with Gasteiger partial charge < -0.3 is 0 Å². The Balaban J connectivity index is 1.09. The van der Waals surface area contributed by atoms with Crippen molar-refractivity contribution in [3.05, 3.63) is 210 Å². The van der Waals surface area contributed by atoms with Crippen LogP contribution in [0.3, 0.4) is 0 Å². The van der Waals surface area contributed by atoms with Crippen LogP contribution in [0.25, 0.3) is 67.2 Å². The van der Waals surface area contributed by atoms with Crippen molar-refractivity contribution < 1.29 is 0 Å². The molecular formula is C51H30N4S. The summed E-state index contributed by atoms with van der Waals surface area (Å²) in [4.78, 5) is 17.2. The van der Waals surface area contributed by atoms with Gasteiger partial charge in [-0.1, -0.05) is 169 Å². The number of benzene rings is 8. The van der Waals surface area contributed by atoms with Crippen molar-refractivity contribution in [1.82, 2.24) is 15.0 Å². The fourth-order valence-electron chi connectivity index (χ4n) is 8.78. The zero-order valence-electron chi connectivity index (χ0n) is 30.0. The standard InChI is InChI=1S/C51H30N4S/c52-31-37-30-44-47(39-18-8-7-17-38(37)39)40-19-9-10-20-41(40)51(44)42-21-11-12-22-45(42)56-46-28-27-36(29-43(46)51)32-23-25-35(26-24-32)50-54-48(33-13-3-1-4-14-33)53-49(55-50)34-15-5-2-6-16-34/h1-30H. The molecule has 0 N–H and O–H groups in total. The van der Waals surface area contributed by atoms with Crippen LogP contribution >= 0.6 is 11.8 Å². The quantitative estimate of drug-likeness (QED) is 0.180. The third kappa shape index (κ3) is 4.83. The first-order valence-corrected chi connectivity index (χ1v) is 19.5. The molecule has 5 heteroatoms. The molecule has 8 aromatic carbocycles. The molecule has 2 aliphatic rings. The highest BCUT2D eigenvalue weighted by molar-refractivity contribution is 7.99. The van der Waals surface area contributed by atoms with Crippen molar-refractivity contribution in [2.45, 2.75) is 15.2 Å². The van der Waals surface area contributed by atoms with Gasteiger partial charge in [-0.2, -0.15) is 5.26 Å². The van der Waals surface area contributed by atoms with E-state index >= 15 is 0 Å². The lowest BCUT2D eigenvalue weighted by molar-refractivity contribution is 0.723. The van der Waals surface area contributed by atoms with Gasteiger partial charge in [0.1, 0.15) is 0 Å². The summed E-state index contributed by atoms with van der Waals surface area (Å²) < 4.78 is 0. The van der Waals surface area contributed by atoms with Gasteiger partial charge in [-0.3, -0.25) is 0 Å². The lowest BCUT2D eigenvalue weighted by atomic mass is 9.66. The van der Waals surface area contributed by atoms with Gasteiger partial charge in [0.25, 0.3) is 0 Å². The number of hydrogen-bond donors (Lipinski definition) is 0. The summed E-state index contributed by atoms with van der Waals surface area (Å²) in [6.45, 7) is 0. The number of fused-ring (bicyclic) bond motifs is 11. The Morgan fingerprint density at radius 3 is 1.61 bits per heavy atom. The first kappa shape index (κ1) is 32.3. The molecule has 0 saturated heterocycles. The summed E-state index contributed by atoms with van der Waals surface area (Å²) in [6, 6.07) is 66.3. The summed E-state index contributed by atoms with van der Waals surface area (Å²) in [6.07, 6.45) is 0. The molecule has 9 aromatic rings. The molecule has 1 aliphatic carbocycles. The average molecular weight is 731 g/mol. The van der Waals surface area contributed by atoms with E-state index < -0.39 is 5.41 Å². The second kappa shape index (κ2) is 12.7. The largest absolute Gasteiger partial charge is 0.208 e. The van der Waals surface area contributed by atoms with Crippen molar-refractivity contribution in [3.63, 3.8) is 0 Å². The monoisotopic (exact) mass is 730 g/mol. The molecule has 4 nitrogen and oxygen atoms in total. The highest BCUT2D eigenvalue weighted by Crippen LogP contribution is 2.63. The van der Waals surface area contributed by atoms with Crippen LogP contribution < -0.4 is 0 Å². The minimum Gasteiger partial charge on any atom is -0.208 e. The molecular weight excluding hydrogens is 701 g/mol. The Kier molecular flexibility index (Phi) is 7.35. The Hall–Kier alpha value is -7.13. The zero-order chi connectivity index (χ0) is 37.2. The predicted octanol–water partition coefficient (Wildman–Crippen LogP) is 12.4. The summed E-state index contributed by atoms with van der Waals surface area (Å²) in [5.74, 6) is 1.91. The maximum atomic E-state index is 10.5. The molecule has 56 heavy (non-hydrogen) atoms. The van der Waals surface area contributed by atoms with Crippen LogP contribution in [0, 0.1) is 11.3 Å². The van der Waals surface area contributed by atoms with Crippen molar-refractivity contribution in [2.75, 3.05) is 0 Å². The number of rotatable bonds is 4. The Morgan fingerprint density at radius 2 is 0.929 bits per heavy atom. The van der Waals surface area contributed by atoms with E-state index in [1.165, 1.54) is 37.6 Å². The van der Waals surface area contributed by atoms with Gasteiger partial charge >= 0.3 is 0 Å². The van der Waals surface area contributed by atoms with Crippen molar-refractivity contribution in [2.24, 2.45) is 0 Å². The summed E-state index contributed by atoms with van der Waals surface area (Å²) in [5.41, 5.74) is 12.4. The van der Waals surface area contributed by atoms with Crippen LogP contribution in [-0.2, 0) is 5.41 Å². The van der Waals surface area contributed by atoms with Gasteiger partial charge in [0, 0.05) is 31.9 Å². The summed E-state index contributed by atoms with van der Waals surface area (Å²) in [7, 11) is 0. The molecule has 0 bridgehead atoms. The van der Waals surface area contributed by atoms with Crippen LogP contribution in [0.15, 0.2) is 192 Å². The fraction of sp³-hybridized carbons (Fsp3) is 0.0196. The normalized spacial score (nSPS) is 14.8. The first-order valence-electron chi connectivity index (χ1n) is 18.7. The van der Waals surface area contributed by atoms with E-state index in [1.54, 1.807) is 0 Å². The van der Waals surface area contributed by atoms with E-state index in [4.69, 9.17) is 15.0 Å². The minimum atomic E-state index is -0.610. The van der Waals surface area contributed by atoms with Gasteiger partial charge in [-0.25, -0.2) is 15.0 Å². The molecule has 2 heterocycles. The van der Waals surface area contributed by atoms with E-state index in [1.807, 2.05) is 78.5 Å². The highest BCUT2D eigenvalue weighted by atomic mass is 32.2. The predicted molar refractivity (Wildman–Crippen MR) is 225 cm³/mol. The van der Waals surface area contributed by atoms with E-state index in [0.29, 0.717) is 23.0 Å². The van der Waals surface area contributed by atoms with Crippen LogP contribution in [0.5, 0.6) is 0 Å². The number of nitriles is 1. The molecule has 260 valence electrons. The van der Waals surface area contributed by atoms with Gasteiger partial charge in [-0.05, 0) is 74.2 Å². The summed E-state index contributed by atoms with van der Waals surface area (Å²) >= 11 is 1.82. The number of nitrogens with zero attached hydrogens (tertiary/aromatic N) is 4. The Labute approximate surface area is 328 Å². The van der Waals surface area contributed by atoms with Crippen LogP contribution in [0.4, 0.5) is 0 Å². The Bertz CT molecular complexity index is 3000. The van der Waals surface area contributed by atoms with E-state index in [-0.39, 0.29) is 0 Å². The average Bonchev–Trinajstić information content (AvgIpc) is 3.57. The van der Waals surface area contributed by atoms with Crippen molar-refractivity contribution in [3.8, 4) is 62.5 Å². The van der Waals surface area contributed by atoms with E-state index in [0.717, 1.165) is 44.2 Å². The maximum Gasteiger partial charge on any atom is 0.164 e. The fourth-order valence-corrected chi connectivity index (χ4v) is 9.95. The molecule has 1 unspecified atom stereocenters. The van der Waals surface area contributed by atoms with Gasteiger partial charge in [-0.15, -0.1) is 0 Å². The van der Waals surface area contributed by atoms with Gasteiger partial charge in [0.15, 0.2) is 17.5 Å². The first-order chi connectivity index (χ1) is 27.7. The van der Waals surface area contributed by atoms with Crippen molar-refractivity contribution >= 4 is 22.5 Å². The molecule has 1 aliphatic heterocycles. The molecule has 11 rings (SSSR count). The lowest BCUT2D eigenvalue weighted by Gasteiger charge is -2.40. The third-order valence-corrected chi connectivity index (χ3v) is 12.4. The van der Waals surface area contributed by atoms with E-state index in [2.05, 4.69) is 121 Å². The molecule has 0 radical (unpaired) electrons. The second-order valence-corrected chi connectivity index (χ2v) is 15.3. The van der Waals surface area contributed by atoms with Crippen molar-refractivity contribution in [1.29, 1.82) is 5.26 Å². The third-order valence-electron chi connectivity index (χ3n) is 11.2. The summed E-state index contributed by atoms with van der Waals surface area (Å²) in [5, 5.41) is 12.6. The number of hydrogen-bond acceptors (Lipinski definition) is 5. The smallest absolute Gasteiger partial charge is 0.164 e. The van der Waals surface area contributed by atoms with E-state index in [9.17, 15) is 5.26 Å². The topological polar surface area (TPSA) is 62.5 Å². The SMILES string of the molecule is N#Cc1cc2c(c3ccccc13)-c1ccccc1C21c2ccccc2Sc2ccc(-c3ccc(-c4nc(-c5ccccc5)nc(-c5ccccc5)n4)cc3)cc21. The molecule has 1 aromatic heterocycles. The van der Waals surface area contributed by atoms with Crippen LogP contribution in [-0.4, -0.2) is 15.0 Å². The lowest BCUT2D eigenvalue weighted by Crippen LogP contribution is -2.32. The second-order valence-electron chi connectivity index (χ2n) is 14.2. The van der Waals surface area contributed by atoms with Crippen LogP contribution in [0.1, 0.15) is 27.8 Å².